The van der Waals surface area contributed by atoms with E-state index in [9.17, 15) is 0 Å². The van der Waals surface area contributed by atoms with Gasteiger partial charge in [0.05, 0.1) is 21.4 Å². The molecule has 0 aliphatic rings. The molecule has 0 atom stereocenters. The Balaban J connectivity index is 1.16. The summed E-state index contributed by atoms with van der Waals surface area (Å²) in [6.45, 7) is 0. The second-order valence-corrected chi connectivity index (χ2v) is 15.2. The molecule has 258 valence electrons. The molecule has 11 aromatic rings. The SMILES string of the molecule is c1ccc(-c2ccc(N(c3ccc4c(c3)c3ccc5c6cc(-c7ccccc7)ccc6sc5c3n4-c3ccccc3)c3cccc4ccccc34)cc2)cc1. The predicted molar refractivity (Wildman–Crippen MR) is 237 cm³/mol. The van der Waals surface area contributed by atoms with Crippen molar-refractivity contribution >= 4 is 81.1 Å². The summed E-state index contributed by atoms with van der Waals surface area (Å²) in [4.78, 5) is 2.42. The third kappa shape index (κ3) is 5.24. The van der Waals surface area contributed by atoms with Crippen LogP contribution in [0.4, 0.5) is 17.1 Å². The molecule has 0 bridgehead atoms. The molecule has 0 unspecified atom stereocenters. The predicted octanol–water partition coefficient (Wildman–Crippen LogP) is 15.1. The van der Waals surface area contributed by atoms with E-state index in [0.29, 0.717) is 0 Å². The molecule has 0 spiro atoms. The van der Waals surface area contributed by atoms with Crippen molar-refractivity contribution in [3.05, 3.63) is 206 Å². The van der Waals surface area contributed by atoms with Gasteiger partial charge in [0.2, 0.25) is 0 Å². The lowest BCUT2D eigenvalue weighted by Crippen LogP contribution is -2.10. The minimum atomic E-state index is 1.11. The molecule has 0 N–H and O–H groups in total. The number of anilines is 3. The van der Waals surface area contributed by atoms with E-state index in [1.54, 1.807) is 0 Å². The van der Waals surface area contributed by atoms with Gasteiger partial charge in [0.25, 0.3) is 0 Å². The summed E-state index contributed by atoms with van der Waals surface area (Å²) in [5.41, 5.74) is 11.9. The fraction of sp³-hybridized carbons (Fsp3) is 0. The first-order chi connectivity index (χ1) is 27.3. The van der Waals surface area contributed by atoms with Crippen molar-refractivity contribution in [3.63, 3.8) is 0 Å². The molecule has 0 aliphatic heterocycles. The van der Waals surface area contributed by atoms with Crippen molar-refractivity contribution in [1.82, 2.24) is 4.57 Å². The molecule has 0 aliphatic carbocycles. The Morgan fingerprint density at radius 3 is 1.78 bits per heavy atom. The lowest BCUT2D eigenvalue weighted by atomic mass is 10.0. The highest BCUT2D eigenvalue weighted by atomic mass is 32.1. The van der Waals surface area contributed by atoms with Gasteiger partial charge >= 0.3 is 0 Å². The Morgan fingerprint density at radius 2 is 1.00 bits per heavy atom. The van der Waals surface area contributed by atoms with Crippen LogP contribution < -0.4 is 4.90 Å². The highest BCUT2D eigenvalue weighted by Crippen LogP contribution is 2.46. The number of nitrogens with zero attached hydrogens (tertiary/aromatic N) is 2. The maximum atomic E-state index is 2.47. The molecule has 0 saturated carbocycles. The maximum Gasteiger partial charge on any atom is 0.0719 e. The van der Waals surface area contributed by atoms with Crippen LogP contribution in [0.3, 0.4) is 0 Å². The Bertz CT molecular complexity index is 3170. The first kappa shape index (κ1) is 31.6. The molecular weight excluding hydrogens is 685 g/mol. The van der Waals surface area contributed by atoms with E-state index in [0.717, 1.165) is 22.7 Å². The van der Waals surface area contributed by atoms with E-state index in [4.69, 9.17) is 0 Å². The van der Waals surface area contributed by atoms with Crippen LogP contribution in [-0.2, 0) is 0 Å². The van der Waals surface area contributed by atoms with Crippen LogP contribution in [0.2, 0.25) is 0 Å². The standard InChI is InChI=1S/C52H34N2S/c1-4-13-35(14-5-1)37-23-26-41(27-24-37)53(48-22-12-18-38-17-10-11-21-43(38)48)42-28-31-49-46(34-42)44-29-30-45-47-33-39(36-15-6-2-7-16-36)25-32-50(47)55-52(45)51(44)54(49)40-19-8-3-9-20-40/h1-34H. The van der Waals surface area contributed by atoms with Gasteiger partial charge in [-0.1, -0.05) is 146 Å². The van der Waals surface area contributed by atoms with Crippen LogP contribution in [-0.4, -0.2) is 4.57 Å². The number of hydrogen-bond acceptors (Lipinski definition) is 2. The summed E-state index contributed by atoms with van der Waals surface area (Å²) in [7, 11) is 0. The summed E-state index contributed by atoms with van der Waals surface area (Å²) in [6.07, 6.45) is 0. The zero-order valence-electron chi connectivity index (χ0n) is 29.9. The Morgan fingerprint density at radius 1 is 0.382 bits per heavy atom. The molecule has 55 heavy (non-hydrogen) atoms. The monoisotopic (exact) mass is 718 g/mol. The molecule has 9 aromatic carbocycles. The van der Waals surface area contributed by atoms with Crippen LogP contribution in [0, 0.1) is 0 Å². The summed E-state index contributed by atoms with van der Waals surface area (Å²) >= 11 is 1.89. The molecule has 2 aromatic heterocycles. The van der Waals surface area contributed by atoms with Crippen LogP contribution in [0.1, 0.15) is 0 Å². The molecule has 0 amide bonds. The normalized spacial score (nSPS) is 11.6. The summed E-state index contributed by atoms with van der Waals surface area (Å²) in [5.74, 6) is 0. The van der Waals surface area contributed by atoms with E-state index in [1.807, 2.05) is 11.3 Å². The van der Waals surface area contributed by atoms with Crippen LogP contribution in [0.5, 0.6) is 0 Å². The number of para-hydroxylation sites is 1. The van der Waals surface area contributed by atoms with Crippen LogP contribution in [0.25, 0.3) is 80.7 Å². The zero-order chi connectivity index (χ0) is 36.3. The lowest BCUT2D eigenvalue weighted by Gasteiger charge is -2.27. The lowest BCUT2D eigenvalue weighted by molar-refractivity contribution is 1.19. The minimum Gasteiger partial charge on any atom is -0.310 e. The number of hydrogen-bond donors (Lipinski definition) is 0. The third-order valence-electron chi connectivity index (χ3n) is 11.0. The van der Waals surface area contributed by atoms with Gasteiger partial charge in [0.1, 0.15) is 0 Å². The van der Waals surface area contributed by atoms with Gasteiger partial charge in [-0.2, -0.15) is 0 Å². The zero-order valence-corrected chi connectivity index (χ0v) is 30.7. The molecule has 11 rings (SSSR count). The van der Waals surface area contributed by atoms with Gasteiger partial charge in [-0.25, -0.2) is 0 Å². The first-order valence-corrected chi connectivity index (χ1v) is 19.6. The van der Waals surface area contributed by atoms with Crippen molar-refractivity contribution in [3.8, 4) is 27.9 Å². The topological polar surface area (TPSA) is 8.17 Å². The van der Waals surface area contributed by atoms with E-state index >= 15 is 0 Å². The van der Waals surface area contributed by atoms with Gasteiger partial charge in [0.15, 0.2) is 0 Å². The average molecular weight is 719 g/mol. The van der Waals surface area contributed by atoms with Crippen LogP contribution in [0.15, 0.2) is 206 Å². The molecule has 2 nitrogen and oxygen atoms in total. The minimum absolute atomic E-state index is 1.11. The van der Waals surface area contributed by atoms with Crippen molar-refractivity contribution in [2.24, 2.45) is 0 Å². The molecule has 0 saturated heterocycles. The second-order valence-electron chi connectivity index (χ2n) is 14.1. The van der Waals surface area contributed by atoms with Crippen molar-refractivity contribution in [1.29, 1.82) is 0 Å². The molecule has 3 heteroatoms. The van der Waals surface area contributed by atoms with E-state index in [1.165, 1.54) is 75.0 Å². The molecule has 0 radical (unpaired) electrons. The van der Waals surface area contributed by atoms with Crippen molar-refractivity contribution < 1.29 is 0 Å². The molecule has 2 heterocycles. The van der Waals surface area contributed by atoms with Crippen molar-refractivity contribution in [2.45, 2.75) is 0 Å². The summed E-state index contributed by atoms with van der Waals surface area (Å²) < 4.78 is 5.08. The number of benzene rings is 9. The molecular formula is C52H34N2S. The second kappa shape index (κ2) is 12.9. The van der Waals surface area contributed by atoms with Crippen molar-refractivity contribution in [2.75, 3.05) is 4.90 Å². The van der Waals surface area contributed by atoms with E-state index < -0.39 is 0 Å². The van der Waals surface area contributed by atoms with Gasteiger partial charge in [-0.3, -0.25) is 0 Å². The number of thiophene rings is 1. The maximum absolute atomic E-state index is 2.47. The number of aromatic nitrogens is 1. The average Bonchev–Trinajstić information content (AvgIpc) is 3.80. The van der Waals surface area contributed by atoms with Gasteiger partial charge < -0.3 is 9.47 Å². The smallest absolute Gasteiger partial charge is 0.0719 e. The Labute approximate surface area is 323 Å². The van der Waals surface area contributed by atoms with Gasteiger partial charge in [-0.05, 0) is 88.3 Å². The summed E-state index contributed by atoms with van der Waals surface area (Å²) in [5, 5.41) is 7.50. The number of rotatable bonds is 6. The Kier molecular flexibility index (Phi) is 7.39. The highest BCUT2D eigenvalue weighted by molar-refractivity contribution is 7.26. The fourth-order valence-corrected chi connectivity index (χ4v) is 9.60. The quantitative estimate of drug-likeness (QED) is 0.166. The van der Waals surface area contributed by atoms with E-state index in [2.05, 4.69) is 216 Å². The fourth-order valence-electron chi connectivity index (χ4n) is 8.38. The van der Waals surface area contributed by atoms with Gasteiger partial charge in [0, 0.05) is 48.7 Å². The Hall–Kier alpha value is -6.94. The molecule has 0 fully saturated rings. The third-order valence-corrected chi connectivity index (χ3v) is 12.2. The first-order valence-electron chi connectivity index (χ1n) is 18.8. The largest absolute Gasteiger partial charge is 0.310 e. The van der Waals surface area contributed by atoms with Crippen LogP contribution >= 0.6 is 11.3 Å². The number of fused-ring (bicyclic) bond motifs is 8. The highest BCUT2D eigenvalue weighted by Gasteiger charge is 2.21. The van der Waals surface area contributed by atoms with E-state index in [-0.39, 0.29) is 0 Å². The summed E-state index contributed by atoms with van der Waals surface area (Å²) in [6, 6.07) is 75.1. The van der Waals surface area contributed by atoms with Gasteiger partial charge in [-0.15, -0.1) is 11.3 Å².